The summed E-state index contributed by atoms with van der Waals surface area (Å²) in [5, 5.41) is 10.8. The molecule has 4 aliphatic rings. The number of aromatic nitrogens is 1. The fourth-order valence-electron chi connectivity index (χ4n) is 7.12. The van der Waals surface area contributed by atoms with Gasteiger partial charge in [-0.25, -0.2) is 0 Å². The number of carbonyl (C=O) groups excluding carboxylic acids is 1. The second-order valence-corrected chi connectivity index (χ2v) is 11.7. The third-order valence-corrected chi connectivity index (χ3v) is 9.15. The largest absolute Gasteiger partial charge is 0.465 e. The highest BCUT2D eigenvalue weighted by molar-refractivity contribution is 7.09. The van der Waals surface area contributed by atoms with Crippen LogP contribution in [0.3, 0.4) is 0 Å². The molecule has 7 heteroatoms. The van der Waals surface area contributed by atoms with Crippen molar-refractivity contribution in [3.8, 4) is 0 Å². The summed E-state index contributed by atoms with van der Waals surface area (Å²) in [6.07, 6.45) is 7.71. The molecule has 4 saturated carbocycles. The lowest BCUT2D eigenvalue weighted by Gasteiger charge is -2.59. The van der Waals surface area contributed by atoms with Gasteiger partial charge in [0.25, 0.3) is 5.69 Å². The minimum atomic E-state index is -0.379. The van der Waals surface area contributed by atoms with Crippen LogP contribution in [0.2, 0.25) is 0 Å². The highest BCUT2D eigenvalue weighted by atomic mass is 32.1. The van der Waals surface area contributed by atoms with Crippen LogP contribution in [0.15, 0.2) is 29.8 Å². The van der Waals surface area contributed by atoms with Crippen LogP contribution in [-0.4, -0.2) is 17.5 Å². The first-order valence-electron chi connectivity index (χ1n) is 11.6. The lowest BCUT2D eigenvalue weighted by Crippen LogP contribution is -2.54. The van der Waals surface area contributed by atoms with Crippen LogP contribution in [0.1, 0.15) is 61.6 Å². The van der Waals surface area contributed by atoms with E-state index < -0.39 is 0 Å². The number of benzene rings is 1. The number of hydrogen-bond acceptors (Lipinski definition) is 5. The molecule has 2 unspecified atom stereocenters. The average Bonchev–Trinajstić information content (AvgIpc) is 3.06. The number of nitro benzene ring substituents is 1. The Labute approximate surface area is 192 Å². The minimum absolute atomic E-state index is 0.0470. The maximum absolute atomic E-state index is 13.2. The summed E-state index contributed by atoms with van der Waals surface area (Å²) in [5.74, 6) is 1.48. The summed E-state index contributed by atoms with van der Waals surface area (Å²) in [6, 6.07) is 6.69. The molecule has 170 valence electrons. The van der Waals surface area contributed by atoms with Crippen molar-refractivity contribution >= 4 is 23.0 Å². The van der Waals surface area contributed by atoms with Crippen LogP contribution >= 0.6 is 11.3 Å². The Balaban J connectivity index is 1.18. The number of hydrogen-bond donors (Lipinski definition) is 0. The topological polar surface area (TPSA) is 73.3 Å². The van der Waals surface area contributed by atoms with Gasteiger partial charge in [-0.2, -0.15) is 4.57 Å². The zero-order valence-electron chi connectivity index (χ0n) is 18.8. The molecule has 1 heterocycles. The first-order chi connectivity index (χ1) is 15.3. The van der Waals surface area contributed by atoms with E-state index in [9.17, 15) is 14.9 Å². The summed E-state index contributed by atoms with van der Waals surface area (Å²) in [7, 11) is 0. The molecule has 0 aliphatic heterocycles. The number of rotatable bonds is 7. The number of carbonyl (C=O) groups is 1. The average molecular weight is 456 g/mol. The van der Waals surface area contributed by atoms with E-state index in [0.717, 1.165) is 36.9 Å². The Hall–Kier alpha value is -2.28. The third kappa shape index (κ3) is 3.96. The molecule has 4 bridgehead atoms. The zero-order valence-corrected chi connectivity index (χ0v) is 19.7. The molecule has 2 aromatic rings. The van der Waals surface area contributed by atoms with Gasteiger partial charge >= 0.3 is 5.97 Å². The van der Waals surface area contributed by atoms with Crippen molar-refractivity contribution in [2.24, 2.45) is 22.7 Å². The molecular weight excluding hydrogens is 424 g/mol. The Morgan fingerprint density at radius 2 is 1.91 bits per heavy atom. The van der Waals surface area contributed by atoms with E-state index in [1.807, 2.05) is 0 Å². The van der Waals surface area contributed by atoms with Crippen LogP contribution in [0, 0.1) is 39.7 Å². The fourth-order valence-corrected chi connectivity index (χ4v) is 8.09. The highest BCUT2D eigenvalue weighted by Gasteiger charge is 2.59. The number of thiazole rings is 1. The van der Waals surface area contributed by atoms with Gasteiger partial charge in [0.15, 0.2) is 12.2 Å². The molecule has 0 saturated heterocycles. The summed E-state index contributed by atoms with van der Waals surface area (Å²) < 4.78 is 8.04. The first kappa shape index (κ1) is 21.6. The molecule has 4 fully saturated rings. The lowest BCUT2D eigenvalue weighted by atomic mass is 9.44. The molecule has 0 N–H and O–H groups in total. The maximum Gasteiger partial charge on any atom is 0.312 e. The van der Waals surface area contributed by atoms with Crippen LogP contribution in [0.4, 0.5) is 5.69 Å². The summed E-state index contributed by atoms with van der Waals surface area (Å²) in [6.45, 7) is 5.57. The van der Waals surface area contributed by atoms with E-state index >= 15 is 0 Å². The standard InChI is InChI=1S/C25H31N2O4S/c1-17-22(32-16-26(17)14-18-3-5-21(6-4-18)27(29)30)7-8-31-23(28)25-12-19-9-20(13-25)11-24(2,10-19)15-25/h3-6,16,19-20H,7-15H2,1-2H3/q+1. The van der Waals surface area contributed by atoms with Crippen molar-refractivity contribution in [2.45, 2.75) is 65.3 Å². The van der Waals surface area contributed by atoms with Crippen molar-refractivity contribution in [2.75, 3.05) is 6.61 Å². The van der Waals surface area contributed by atoms with Gasteiger partial charge in [0.1, 0.15) is 0 Å². The third-order valence-electron chi connectivity index (χ3n) is 8.01. The minimum Gasteiger partial charge on any atom is -0.465 e. The molecule has 4 aliphatic carbocycles. The van der Waals surface area contributed by atoms with Crippen LogP contribution in [0.5, 0.6) is 0 Å². The molecule has 6 rings (SSSR count). The van der Waals surface area contributed by atoms with Gasteiger partial charge in [-0.3, -0.25) is 14.9 Å². The van der Waals surface area contributed by atoms with Gasteiger partial charge < -0.3 is 4.74 Å². The molecule has 32 heavy (non-hydrogen) atoms. The second kappa shape index (κ2) is 7.94. The number of nitro groups is 1. The van der Waals surface area contributed by atoms with Gasteiger partial charge in [-0.1, -0.05) is 18.3 Å². The van der Waals surface area contributed by atoms with Gasteiger partial charge in [0, 0.05) is 31.0 Å². The number of nitrogens with zero attached hydrogens (tertiary/aromatic N) is 2. The molecule has 0 amide bonds. The molecule has 0 radical (unpaired) electrons. The SMILES string of the molecule is Cc1c(CCOC(=O)C23CC4CC(CC(C)(C4)C2)C3)sc[n+]1Cc1ccc([N+](=O)[O-])cc1. The molecule has 1 aromatic carbocycles. The maximum atomic E-state index is 13.2. The van der Waals surface area contributed by atoms with Gasteiger partial charge in [0.05, 0.1) is 21.8 Å². The lowest BCUT2D eigenvalue weighted by molar-refractivity contribution is -0.689. The number of ether oxygens (including phenoxy) is 1. The molecule has 2 atom stereocenters. The molecule has 0 spiro atoms. The van der Waals surface area contributed by atoms with Gasteiger partial charge in [-0.15, -0.1) is 0 Å². The zero-order chi connectivity index (χ0) is 22.5. The number of esters is 1. The smallest absolute Gasteiger partial charge is 0.312 e. The van der Waals surface area contributed by atoms with Crippen molar-refractivity contribution in [1.82, 2.24) is 0 Å². The molecular formula is C25H31N2O4S+. The van der Waals surface area contributed by atoms with E-state index in [1.165, 1.54) is 24.1 Å². The van der Waals surface area contributed by atoms with Crippen LogP contribution in [0.25, 0.3) is 0 Å². The summed E-state index contributed by atoms with van der Waals surface area (Å²) in [4.78, 5) is 24.8. The Morgan fingerprint density at radius 3 is 2.53 bits per heavy atom. The predicted octanol–water partition coefficient (Wildman–Crippen LogP) is 4.99. The van der Waals surface area contributed by atoms with Crippen molar-refractivity contribution in [3.05, 3.63) is 56.0 Å². The van der Waals surface area contributed by atoms with E-state index in [1.54, 1.807) is 35.6 Å². The fraction of sp³-hybridized carbons (Fsp3) is 0.600. The van der Waals surface area contributed by atoms with Gasteiger partial charge in [-0.05, 0) is 67.9 Å². The van der Waals surface area contributed by atoms with Gasteiger partial charge in [0.2, 0.25) is 5.51 Å². The highest BCUT2D eigenvalue weighted by Crippen LogP contribution is 2.65. The second-order valence-electron chi connectivity index (χ2n) is 10.7. The van der Waals surface area contributed by atoms with Crippen LogP contribution in [-0.2, 0) is 22.5 Å². The normalized spacial score (nSPS) is 30.4. The first-order valence-corrected chi connectivity index (χ1v) is 12.5. The molecule has 6 nitrogen and oxygen atoms in total. The Kier molecular flexibility index (Phi) is 5.35. The Bertz CT molecular complexity index is 1030. The van der Waals surface area contributed by atoms with E-state index in [0.29, 0.717) is 30.4 Å². The monoisotopic (exact) mass is 455 g/mol. The summed E-state index contributed by atoms with van der Waals surface area (Å²) in [5.41, 5.74) is 4.49. The van der Waals surface area contributed by atoms with Crippen LogP contribution < -0.4 is 4.57 Å². The quantitative estimate of drug-likeness (QED) is 0.255. The molecule has 1 aromatic heterocycles. The number of non-ortho nitro benzene ring substituents is 1. The summed E-state index contributed by atoms with van der Waals surface area (Å²) >= 11 is 1.68. The van der Waals surface area contributed by atoms with E-state index in [-0.39, 0.29) is 22.0 Å². The van der Waals surface area contributed by atoms with Crippen molar-refractivity contribution in [1.29, 1.82) is 0 Å². The van der Waals surface area contributed by atoms with Crippen molar-refractivity contribution in [3.63, 3.8) is 0 Å². The van der Waals surface area contributed by atoms with E-state index in [2.05, 4.69) is 23.9 Å². The van der Waals surface area contributed by atoms with E-state index in [4.69, 9.17) is 4.74 Å². The predicted molar refractivity (Wildman–Crippen MR) is 121 cm³/mol. The Morgan fingerprint density at radius 1 is 1.22 bits per heavy atom. The van der Waals surface area contributed by atoms with Crippen molar-refractivity contribution < 1.29 is 19.0 Å².